The number of nitriles is 1. The molecule has 0 N–H and O–H groups in total. The van der Waals surface area contributed by atoms with Crippen LogP contribution in [0.15, 0.2) is 60.0 Å². The Hall–Kier alpha value is -2.97. The fourth-order valence-corrected chi connectivity index (χ4v) is 3.11. The summed E-state index contributed by atoms with van der Waals surface area (Å²) in [5.41, 5.74) is 3.05. The SMILES string of the molecule is CN(Cc1ccc(C#N)cc1)C(=O)c1csc(-c2ccccc2)n1. The van der Waals surface area contributed by atoms with E-state index < -0.39 is 0 Å². The van der Waals surface area contributed by atoms with E-state index in [0.717, 1.165) is 16.1 Å². The summed E-state index contributed by atoms with van der Waals surface area (Å²) in [6.45, 7) is 0.475. The summed E-state index contributed by atoms with van der Waals surface area (Å²) in [6, 6.07) is 19.1. The zero-order valence-electron chi connectivity index (χ0n) is 13.1. The van der Waals surface area contributed by atoms with Gasteiger partial charge in [-0.05, 0) is 17.7 Å². The molecule has 0 fully saturated rings. The van der Waals surface area contributed by atoms with Crippen LogP contribution in [-0.4, -0.2) is 22.8 Å². The van der Waals surface area contributed by atoms with Crippen LogP contribution in [0.3, 0.4) is 0 Å². The summed E-state index contributed by atoms with van der Waals surface area (Å²) in [6.07, 6.45) is 0. The maximum atomic E-state index is 12.5. The third-order valence-electron chi connectivity index (χ3n) is 3.59. The van der Waals surface area contributed by atoms with Gasteiger partial charge in [-0.2, -0.15) is 5.26 Å². The van der Waals surface area contributed by atoms with Crippen molar-refractivity contribution in [2.75, 3.05) is 7.05 Å². The van der Waals surface area contributed by atoms with Gasteiger partial charge in [0.1, 0.15) is 10.7 Å². The van der Waals surface area contributed by atoms with Gasteiger partial charge in [-0.1, -0.05) is 42.5 Å². The van der Waals surface area contributed by atoms with Crippen LogP contribution in [-0.2, 0) is 6.54 Å². The Labute approximate surface area is 144 Å². The number of hydrogen-bond donors (Lipinski definition) is 0. The fourth-order valence-electron chi connectivity index (χ4n) is 2.31. The summed E-state index contributed by atoms with van der Waals surface area (Å²) in [7, 11) is 1.75. The molecular formula is C19H15N3OS. The van der Waals surface area contributed by atoms with Crippen LogP contribution in [0.25, 0.3) is 10.6 Å². The van der Waals surface area contributed by atoms with Gasteiger partial charge < -0.3 is 4.90 Å². The first-order valence-electron chi connectivity index (χ1n) is 7.43. The molecule has 0 saturated carbocycles. The first-order chi connectivity index (χ1) is 11.7. The number of carbonyl (C=O) groups is 1. The lowest BCUT2D eigenvalue weighted by molar-refractivity contribution is 0.0780. The van der Waals surface area contributed by atoms with Crippen LogP contribution < -0.4 is 0 Å². The van der Waals surface area contributed by atoms with Gasteiger partial charge in [0, 0.05) is 24.5 Å². The van der Waals surface area contributed by atoms with Crippen molar-refractivity contribution in [3.8, 4) is 16.6 Å². The number of rotatable bonds is 4. The largest absolute Gasteiger partial charge is 0.336 e. The van der Waals surface area contributed by atoms with Crippen molar-refractivity contribution in [1.29, 1.82) is 5.26 Å². The second kappa shape index (κ2) is 7.07. The molecule has 0 aliphatic carbocycles. The van der Waals surface area contributed by atoms with Gasteiger partial charge in [0.25, 0.3) is 5.91 Å². The summed E-state index contributed by atoms with van der Waals surface area (Å²) >= 11 is 1.46. The smallest absolute Gasteiger partial charge is 0.273 e. The average molecular weight is 333 g/mol. The van der Waals surface area contributed by atoms with Crippen LogP contribution in [0.5, 0.6) is 0 Å². The molecule has 118 valence electrons. The minimum absolute atomic E-state index is 0.113. The number of amides is 1. The van der Waals surface area contributed by atoms with Crippen molar-refractivity contribution < 1.29 is 4.79 Å². The maximum Gasteiger partial charge on any atom is 0.273 e. The van der Waals surface area contributed by atoms with Gasteiger partial charge in [0.05, 0.1) is 11.6 Å². The van der Waals surface area contributed by atoms with E-state index in [1.54, 1.807) is 29.5 Å². The lowest BCUT2D eigenvalue weighted by atomic mass is 10.1. The number of hydrogen-bond acceptors (Lipinski definition) is 4. The maximum absolute atomic E-state index is 12.5. The Kier molecular flexibility index (Phi) is 4.69. The Balaban J connectivity index is 1.71. The second-order valence-electron chi connectivity index (χ2n) is 5.37. The lowest BCUT2D eigenvalue weighted by Crippen LogP contribution is -2.26. The predicted octanol–water partition coefficient (Wildman–Crippen LogP) is 3.95. The molecule has 0 saturated heterocycles. The molecule has 3 aromatic rings. The van der Waals surface area contributed by atoms with Gasteiger partial charge in [-0.25, -0.2) is 4.98 Å². The van der Waals surface area contributed by atoms with Crippen molar-refractivity contribution in [2.24, 2.45) is 0 Å². The van der Waals surface area contributed by atoms with E-state index >= 15 is 0 Å². The Morgan fingerprint density at radius 1 is 1.17 bits per heavy atom. The quantitative estimate of drug-likeness (QED) is 0.726. The number of carbonyl (C=O) groups excluding carboxylic acids is 1. The molecule has 0 spiro atoms. The van der Waals surface area contributed by atoms with Gasteiger partial charge in [-0.3, -0.25) is 4.79 Å². The van der Waals surface area contributed by atoms with Crippen LogP contribution in [0, 0.1) is 11.3 Å². The van der Waals surface area contributed by atoms with E-state index in [1.807, 2.05) is 42.5 Å². The molecule has 0 aliphatic heterocycles. The zero-order chi connectivity index (χ0) is 16.9. The molecule has 3 rings (SSSR count). The lowest BCUT2D eigenvalue weighted by Gasteiger charge is -2.16. The van der Waals surface area contributed by atoms with Crippen molar-refractivity contribution >= 4 is 17.2 Å². The molecule has 1 aromatic heterocycles. The third kappa shape index (κ3) is 3.50. The average Bonchev–Trinajstić information content (AvgIpc) is 3.12. The molecule has 0 bridgehead atoms. The van der Waals surface area contributed by atoms with Crippen LogP contribution in [0.2, 0.25) is 0 Å². The van der Waals surface area contributed by atoms with Crippen LogP contribution in [0.4, 0.5) is 0 Å². The molecular weight excluding hydrogens is 318 g/mol. The second-order valence-corrected chi connectivity index (χ2v) is 6.23. The highest BCUT2D eigenvalue weighted by Crippen LogP contribution is 2.24. The summed E-state index contributed by atoms with van der Waals surface area (Å²) < 4.78 is 0. The van der Waals surface area contributed by atoms with Crippen LogP contribution >= 0.6 is 11.3 Å². The number of thiazole rings is 1. The van der Waals surface area contributed by atoms with Gasteiger partial charge in [0.2, 0.25) is 0 Å². The highest BCUT2D eigenvalue weighted by atomic mass is 32.1. The van der Waals surface area contributed by atoms with E-state index in [9.17, 15) is 4.79 Å². The molecule has 0 atom stereocenters. The monoisotopic (exact) mass is 333 g/mol. The molecule has 0 radical (unpaired) electrons. The van der Waals surface area contributed by atoms with Crippen LogP contribution in [0.1, 0.15) is 21.6 Å². The Morgan fingerprint density at radius 2 is 1.88 bits per heavy atom. The minimum Gasteiger partial charge on any atom is -0.336 e. The van der Waals surface area contributed by atoms with E-state index in [1.165, 1.54) is 11.3 Å². The summed E-state index contributed by atoms with van der Waals surface area (Å²) in [5, 5.41) is 11.5. The zero-order valence-corrected chi connectivity index (χ0v) is 14.0. The van der Waals surface area contributed by atoms with Gasteiger partial charge in [-0.15, -0.1) is 11.3 Å². The topological polar surface area (TPSA) is 57.0 Å². The third-order valence-corrected chi connectivity index (χ3v) is 4.48. The molecule has 1 amide bonds. The fraction of sp³-hybridized carbons (Fsp3) is 0.105. The normalized spacial score (nSPS) is 10.2. The van der Waals surface area contributed by atoms with Crippen molar-refractivity contribution in [3.63, 3.8) is 0 Å². The summed E-state index contributed by atoms with van der Waals surface area (Å²) in [5.74, 6) is -0.113. The van der Waals surface area contributed by atoms with Crippen molar-refractivity contribution in [3.05, 3.63) is 76.8 Å². The van der Waals surface area contributed by atoms with Gasteiger partial charge >= 0.3 is 0 Å². The first kappa shape index (κ1) is 15.9. The standard InChI is InChI=1S/C19H15N3OS/c1-22(12-15-9-7-14(11-20)8-10-15)19(23)17-13-24-18(21-17)16-5-3-2-4-6-16/h2-10,13H,12H2,1H3. The minimum atomic E-state index is -0.113. The first-order valence-corrected chi connectivity index (χ1v) is 8.31. The summed E-state index contributed by atoms with van der Waals surface area (Å²) in [4.78, 5) is 18.6. The van der Waals surface area contributed by atoms with Crippen molar-refractivity contribution in [2.45, 2.75) is 6.54 Å². The number of nitrogens with zero attached hydrogens (tertiary/aromatic N) is 3. The molecule has 24 heavy (non-hydrogen) atoms. The highest BCUT2D eigenvalue weighted by molar-refractivity contribution is 7.13. The molecule has 2 aromatic carbocycles. The van der Waals surface area contributed by atoms with E-state index in [2.05, 4.69) is 11.1 Å². The molecule has 0 unspecified atom stereocenters. The number of aromatic nitrogens is 1. The molecule has 0 aliphatic rings. The highest BCUT2D eigenvalue weighted by Gasteiger charge is 2.16. The van der Waals surface area contributed by atoms with E-state index in [4.69, 9.17) is 5.26 Å². The molecule has 4 nitrogen and oxygen atoms in total. The van der Waals surface area contributed by atoms with E-state index in [-0.39, 0.29) is 5.91 Å². The Bertz CT molecular complexity index is 879. The van der Waals surface area contributed by atoms with Crippen molar-refractivity contribution in [1.82, 2.24) is 9.88 Å². The number of benzene rings is 2. The van der Waals surface area contributed by atoms with Gasteiger partial charge in [0.15, 0.2) is 0 Å². The molecule has 5 heteroatoms. The predicted molar refractivity (Wildman–Crippen MR) is 94.5 cm³/mol. The van der Waals surface area contributed by atoms with E-state index in [0.29, 0.717) is 17.8 Å². The Morgan fingerprint density at radius 3 is 2.54 bits per heavy atom. The molecule has 1 heterocycles.